The molecule has 10 nitrogen and oxygen atoms in total. The van der Waals surface area contributed by atoms with E-state index in [0.29, 0.717) is 0 Å². The second-order valence-electron chi connectivity index (χ2n) is 6.70. The Balaban J connectivity index is 2.13. The van der Waals surface area contributed by atoms with Crippen molar-refractivity contribution >= 4 is 5.91 Å². The Kier molecular flexibility index (Phi) is 7.11. The normalized spacial score (nSPS) is 45.2. The zero-order valence-electron chi connectivity index (χ0n) is 13.9. The molecule has 2 fully saturated rings. The molecule has 1 amide bonds. The summed E-state index contributed by atoms with van der Waals surface area (Å²) in [5.41, 5.74) is 0. The van der Waals surface area contributed by atoms with Crippen molar-refractivity contribution < 1.29 is 44.9 Å². The van der Waals surface area contributed by atoms with Crippen LogP contribution in [0.5, 0.6) is 0 Å². The third-order valence-electron chi connectivity index (χ3n) is 4.87. The minimum atomic E-state index is -1.40. The maximum absolute atomic E-state index is 11.5. The first-order valence-electron chi connectivity index (χ1n) is 8.30. The average molecular weight is 365 g/mol. The van der Waals surface area contributed by atoms with E-state index in [1.165, 1.54) is 0 Å². The molecule has 9 unspecified atom stereocenters. The van der Waals surface area contributed by atoms with Crippen LogP contribution in [0.3, 0.4) is 0 Å². The van der Waals surface area contributed by atoms with E-state index in [2.05, 4.69) is 5.32 Å². The first-order valence-corrected chi connectivity index (χ1v) is 8.30. The van der Waals surface area contributed by atoms with Gasteiger partial charge in [0.15, 0.2) is 0 Å². The van der Waals surface area contributed by atoms with Crippen molar-refractivity contribution in [1.29, 1.82) is 0 Å². The molecular weight excluding hydrogens is 338 g/mol. The average Bonchev–Trinajstić information content (AvgIpc) is 2.60. The molecule has 0 radical (unpaired) electrons. The van der Waals surface area contributed by atoms with Crippen molar-refractivity contribution in [3.8, 4) is 0 Å². The number of carbonyl (C=O) groups excluding carboxylic acids is 1. The van der Waals surface area contributed by atoms with Crippen LogP contribution in [0.15, 0.2) is 0 Å². The molecule has 0 aromatic heterocycles. The summed E-state index contributed by atoms with van der Waals surface area (Å²) in [5, 5.41) is 60.9. The highest BCUT2D eigenvalue weighted by molar-refractivity contribution is 5.77. The Bertz CT molecular complexity index is 451. The lowest BCUT2D eigenvalue weighted by molar-refractivity contribution is -0.231. The lowest BCUT2D eigenvalue weighted by Gasteiger charge is -2.45. The number of aliphatic hydroxyl groups is 6. The minimum absolute atomic E-state index is 0.0672. The monoisotopic (exact) mass is 365 g/mol. The summed E-state index contributed by atoms with van der Waals surface area (Å²) in [7, 11) is 0. The molecule has 0 spiro atoms. The van der Waals surface area contributed by atoms with Crippen molar-refractivity contribution in [3.63, 3.8) is 0 Å². The Morgan fingerprint density at radius 1 is 1.12 bits per heavy atom. The van der Waals surface area contributed by atoms with Crippen molar-refractivity contribution in [2.75, 3.05) is 19.8 Å². The number of hydrogen-bond donors (Lipinski definition) is 7. The number of hydrogen-bond acceptors (Lipinski definition) is 9. The van der Waals surface area contributed by atoms with Gasteiger partial charge in [-0.1, -0.05) is 6.92 Å². The highest BCUT2D eigenvalue weighted by Gasteiger charge is 2.47. The standard InChI is InChI=1S/C15H27NO9/c1-6-2-8(12(21)14(23)11(6)20)25-15-7(16-10(19)4-18)5-24-9(3-17)13(15)22/h6-9,11-15,17-18,20-23H,2-5H2,1H3,(H,16,19). The van der Waals surface area contributed by atoms with Gasteiger partial charge in [0, 0.05) is 0 Å². The highest BCUT2D eigenvalue weighted by Crippen LogP contribution is 2.30. The van der Waals surface area contributed by atoms with E-state index in [0.717, 1.165) is 0 Å². The van der Waals surface area contributed by atoms with Crippen molar-refractivity contribution in [1.82, 2.24) is 5.32 Å². The van der Waals surface area contributed by atoms with Crippen LogP contribution in [-0.2, 0) is 14.3 Å². The molecule has 1 saturated heterocycles. The van der Waals surface area contributed by atoms with Crippen LogP contribution in [-0.4, -0.2) is 105 Å². The predicted octanol–water partition coefficient (Wildman–Crippen LogP) is -3.91. The van der Waals surface area contributed by atoms with Crippen LogP contribution >= 0.6 is 0 Å². The zero-order chi connectivity index (χ0) is 18.7. The lowest BCUT2D eigenvalue weighted by atomic mass is 9.81. The number of carbonyl (C=O) groups is 1. The molecule has 2 aliphatic rings. The summed E-state index contributed by atoms with van der Waals surface area (Å²) in [4.78, 5) is 11.5. The molecular formula is C15H27NO9. The summed E-state index contributed by atoms with van der Waals surface area (Å²) in [6.45, 7) is 0.406. The quantitative estimate of drug-likeness (QED) is 0.257. The summed E-state index contributed by atoms with van der Waals surface area (Å²) < 4.78 is 11.1. The molecule has 1 aliphatic carbocycles. The largest absolute Gasteiger partial charge is 0.394 e. The van der Waals surface area contributed by atoms with Gasteiger partial charge in [0.25, 0.3) is 0 Å². The summed E-state index contributed by atoms with van der Waals surface area (Å²) in [5.74, 6) is -1.04. The molecule has 2 rings (SSSR count). The fourth-order valence-corrected chi connectivity index (χ4v) is 3.32. The SMILES string of the molecule is CC1CC(OC2C(NC(=O)CO)COC(CO)C2O)C(O)C(O)C1O. The van der Waals surface area contributed by atoms with Crippen LogP contribution in [0, 0.1) is 5.92 Å². The van der Waals surface area contributed by atoms with E-state index in [4.69, 9.17) is 14.6 Å². The minimum Gasteiger partial charge on any atom is -0.394 e. The second kappa shape index (κ2) is 8.69. The third-order valence-corrected chi connectivity index (χ3v) is 4.87. The van der Waals surface area contributed by atoms with E-state index >= 15 is 0 Å². The Morgan fingerprint density at radius 2 is 1.80 bits per heavy atom. The Labute approximate surface area is 145 Å². The molecule has 1 heterocycles. The van der Waals surface area contributed by atoms with Gasteiger partial charge >= 0.3 is 0 Å². The van der Waals surface area contributed by atoms with Gasteiger partial charge in [-0.25, -0.2) is 0 Å². The first-order chi connectivity index (χ1) is 11.8. The van der Waals surface area contributed by atoms with Crippen molar-refractivity contribution in [3.05, 3.63) is 0 Å². The van der Waals surface area contributed by atoms with Gasteiger partial charge in [0.2, 0.25) is 5.91 Å². The van der Waals surface area contributed by atoms with Crippen LogP contribution < -0.4 is 5.32 Å². The fourth-order valence-electron chi connectivity index (χ4n) is 3.32. The number of rotatable bonds is 5. The zero-order valence-corrected chi connectivity index (χ0v) is 13.9. The topological polar surface area (TPSA) is 169 Å². The van der Waals surface area contributed by atoms with Gasteiger partial charge in [-0.15, -0.1) is 0 Å². The number of amides is 1. The maximum Gasteiger partial charge on any atom is 0.246 e. The van der Waals surface area contributed by atoms with Crippen molar-refractivity contribution in [2.24, 2.45) is 5.92 Å². The number of ether oxygens (including phenoxy) is 2. The molecule has 25 heavy (non-hydrogen) atoms. The predicted molar refractivity (Wildman–Crippen MR) is 82.3 cm³/mol. The molecule has 7 N–H and O–H groups in total. The number of aliphatic hydroxyl groups excluding tert-OH is 6. The van der Waals surface area contributed by atoms with E-state index in [9.17, 15) is 30.3 Å². The molecule has 10 heteroatoms. The summed E-state index contributed by atoms with van der Waals surface area (Å²) >= 11 is 0. The summed E-state index contributed by atoms with van der Waals surface area (Å²) in [6, 6.07) is -0.816. The van der Waals surface area contributed by atoms with Gasteiger partial charge in [-0.3, -0.25) is 4.79 Å². The van der Waals surface area contributed by atoms with Gasteiger partial charge in [0.1, 0.15) is 37.1 Å². The molecule has 9 atom stereocenters. The molecule has 146 valence electrons. The Hall–Kier alpha value is -0.850. The highest BCUT2D eigenvalue weighted by atomic mass is 16.6. The molecule has 0 bridgehead atoms. The van der Waals surface area contributed by atoms with Crippen LogP contribution in [0.4, 0.5) is 0 Å². The Morgan fingerprint density at radius 3 is 2.40 bits per heavy atom. The second-order valence-corrected chi connectivity index (χ2v) is 6.70. The number of nitrogens with one attached hydrogen (secondary N) is 1. The van der Waals surface area contributed by atoms with Gasteiger partial charge < -0.3 is 45.4 Å². The van der Waals surface area contributed by atoms with Crippen LogP contribution in [0.1, 0.15) is 13.3 Å². The van der Waals surface area contributed by atoms with Gasteiger partial charge in [-0.2, -0.15) is 0 Å². The van der Waals surface area contributed by atoms with E-state index in [1.54, 1.807) is 6.92 Å². The van der Waals surface area contributed by atoms with Gasteiger partial charge in [0.05, 0.1) is 31.5 Å². The smallest absolute Gasteiger partial charge is 0.246 e. The molecule has 0 aromatic carbocycles. The summed E-state index contributed by atoms with van der Waals surface area (Å²) in [6.07, 6.45) is -7.78. The third kappa shape index (κ3) is 4.47. The molecule has 0 aromatic rings. The van der Waals surface area contributed by atoms with E-state index in [-0.39, 0.29) is 18.9 Å². The van der Waals surface area contributed by atoms with Crippen LogP contribution in [0.25, 0.3) is 0 Å². The molecule has 1 aliphatic heterocycles. The molecule has 1 saturated carbocycles. The van der Waals surface area contributed by atoms with Crippen molar-refractivity contribution in [2.45, 2.75) is 62.1 Å². The van der Waals surface area contributed by atoms with Crippen LogP contribution in [0.2, 0.25) is 0 Å². The fraction of sp³-hybridized carbons (Fsp3) is 0.933. The maximum atomic E-state index is 11.5. The first kappa shape index (κ1) is 20.5. The van der Waals surface area contributed by atoms with Gasteiger partial charge in [-0.05, 0) is 12.3 Å². The van der Waals surface area contributed by atoms with E-state index < -0.39 is 67.9 Å². The lowest BCUT2D eigenvalue weighted by Crippen LogP contribution is -2.64. The van der Waals surface area contributed by atoms with E-state index in [1.807, 2.05) is 0 Å².